The lowest BCUT2D eigenvalue weighted by Gasteiger charge is -1.96. The molecular formula is C8H18O6. The third kappa shape index (κ3) is 121. The largest absolute Gasteiger partial charge is 0.481 e. The van der Waals surface area contributed by atoms with E-state index in [0.717, 1.165) is 6.92 Å². The van der Waals surface area contributed by atoms with Crippen LogP contribution in [0.4, 0.5) is 0 Å². The molecular weight excluding hydrogens is 192 g/mol. The lowest BCUT2D eigenvalue weighted by Crippen LogP contribution is -2.15. The second-order valence-corrected chi connectivity index (χ2v) is 2.45. The molecule has 0 radical (unpaired) electrons. The number of hydrogen-bond donors (Lipinski definition) is 4. The first kappa shape index (κ1) is 18.7. The van der Waals surface area contributed by atoms with Crippen LogP contribution in [0.2, 0.25) is 0 Å². The van der Waals surface area contributed by atoms with Gasteiger partial charge in [0.1, 0.15) is 11.9 Å². The topological polar surface area (TPSA) is 115 Å². The third-order valence-corrected chi connectivity index (χ3v) is 0.421. The van der Waals surface area contributed by atoms with Crippen molar-refractivity contribution in [3.05, 3.63) is 0 Å². The number of aliphatic hydroxyl groups excluding tert-OH is 3. The molecule has 0 aliphatic carbocycles. The highest BCUT2D eigenvalue weighted by Gasteiger charge is 1.93. The lowest BCUT2D eigenvalue weighted by molar-refractivity contribution is -0.134. The van der Waals surface area contributed by atoms with Gasteiger partial charge in [-0.25, -0.2) is 0 Å². The number of hydrogen-bond acceptors (Lipinski definition) is 5. The summed E-state index contributed by atoms with van der Waals surface area (Å²) in [6.45, 7) is 3.41. The molecule has 86 valence electrons. The van der Waals surface area contributed by atoms with Crippen molar-refractivity contribution < 1.29 is 30.0 Å². The fourth-order valence-corrected chi connectivity index (χ4v) is 0.0577. The van der Waals surface area contributed by atoms with Crippen molar-refractivity contribution in [1.29, 1.82) is 0 Å². The van der Waals surface area contributed by atoms with Crippen LogP contribution in [0.3, 0.4) is 0 Å². The van der Waals surface area contributed by atoms with Gasteiger partial charge in [-0.3, -0.25) is 4.79 Å². The molecule has 6 nitrogen and oxygen atoms in total. The van der Waals surface area contributed by atoms with E-state index >= 15 is 0 Å². The predicted molar refractivity (Wildman–Crippen MR) is 49.8 cm³/mol. The minimum atomic E-state index is -0.954. The molecule has 14 heavy (non-hydrogen) atoms. The number of aliphatic carboxylic acids is 1. The first-order chi connectivity index (χ1) is 6.27. The van der Waals surface area contributed by atoms with E-state index in [4.69, 9.17) is 25.2 Å². The normalized spacial score (nSPS) is 7.93. The molecule has 4 N–H and O–H groups in total. The average molecular weight is 210 g/mol. The summed E-state index contributed by atoms with van der Waals surface area (Å²) in [4.78, 5) is 18.4. The highest BCUT2D eigenvalue weighted by molar-refractivity contribution is 5.72. The summed E-state index contributed by atoms with van der Waals surface area (Å²) in [7, 11) is 0. The van der Waals surface area contributed by atoms with Crippen LogP contribution in [0.15, 0.2) is 0 Å². The van der Waals surface area contributed by atoms with Crippen molar-refractivity contribution in [2.75, 3.05) is 13.2 Å². The molecule has 0 aliphatic rings. The van der Waals surface area contributed by atoms with Crippen LogP contribution in [0.1, 0.15) is 20.8 Å². The number of carboxylic acid groups (broad SMARTS) is 1. The smallest absolute Gasteiger partial charge is 0.300 e. The molecule has 0 aromatic heterocycles. The molecule has 0 bridgehead atoms. The maximum Gasteiger partial charge on any atom is 0.300 e. The molecule has 0 atom stereocenters. The van der Waals surface area contributed by atoms with Gasteiger partial charge < -0.3 is 25.2 Å². The average Bonchev–Trinajstić information content (AvgIpc) is 2.01. The zero-order valence-electron chi connectivity index (χ0n) is 8.60. The number of carbonyl (C=O) groups is 2. The Morgan fingerprint density at radius 1 is 1.07 bits per heavy atom. The Hall–Kier alpha value is -0.980. The van der Waals surface area contributed by atoms with E-state index < -0.39 is 12.1 Å². The Kier molecular flexibility index (Phi) is 19.5. The van der Waals surface area contributed by atoms with E-state index in [1.807, 2.05) is 0 Å². The second-order valence-electron chi connectivity index (χ2n) is 2.45. The fraction of sp³-hybridized carbons (Fsp3) is 0.750. The monoisotopic (exact) mass is 210 g/mol. The highest BCUT2D eigenvalue weighted by atomic mass is 16.4. The van der Waals surface area contributed by atoms with Gasteiger partial charge in [0, 0.05) is 6.92 Å². The quantitative estimate of drug-likeness (QED) is 0.465. The first-order valence-electron chi connectivity index (χ1n) is 3.84. The van der Waals surface area contributed by atoms with Crippen LogP contribution in [0.5, 0.6) is 0 Å². The van der Waals surface area contributed by atoms with Crippen LogP contribution in [0.25, 0.3) is 0 Å². The van der Waals surface area contributed by atoms with Gasteiger partial charge in [-0.15, -0.1) is 0 Å². The molecule has 0 spiro atoms. The van der Waals surface area contributed by atoms with Gasteiger partial charge in [-0.05, 0) is 13.8 Å². The van der Waals surface area contributed by atoms with E-state index in [1.165, 1.54) is 13.8 Å². The van der Waals surface area contributed by atoms with Gasteiger partial charge >= 0.3 is 0 Å². The zero-order valence-corrected chi connectivity index (χ0v) is 8.60. The summed E-state index contributed by atoms with van der Waals surface area (Å²) in [5.41, 5.74) is 0. The number of ketones is 1. The van der Waals surface area contributed by atoms with E-state index in [2.05, 4.69) is 0 Å². The Morgan fingerprint density at radius 3 is 1.21 bits per heavy atom. The van der Waals surface area contributed by atoms with Gasteiger partial charge in [0.25, 0.3) is 5.97 Å². The lowest BCUT2D eigenvalue weighted by atomic mass is 10.4. The molecule has 0 fully saturated rings. The van der Waals surface area contributed by atoms with Gasteiger partial charge in [0.2, 0.25) is 0 Å². The molecule has 0 saturated carbocycles. The predicted octanol–water partition coefficient (Wildman–Crippen LogP) is -0.982. The molecule has 0 heterocycles. The number of carboxylic acids is 1. The minimum Gasteiger partial charge on any atom is -0.481 e. The molecule has 0 amide bonds. The summed E-state index contributed by atoms with van der Waals surface area (Å²) in [6, 6.07) is 0. The molecule has 0 unspecified atom stereocenters. The summed E-state index contributed by atoms with van der Waals surface area (Å²) in [5, 5.41) is 31.4. The molecule has 6 heteroatoms. The molecule has 0 saturated heterocycles. The van der Waals surface area contributed by atoms with Crippen molar-refractivity contribution in [2.45, 2.75) is 26.9 Å². The Bertz CT molecular complexity index is 121. The van der Waals surface area contributed by atoms with Crippen LogP contribution >= 0.6 is 0 Å². The van der Waals surface area contributed by atoms with Gasteiger partial charge in [-0.1, -0.05) is 0 Å². The van der Waals surface area contributed by atoms with E-state index in [0.29, 0.717) is 0 Å². The fourth-order valence-electron chi connectivity index (χ4n) is 0.0577. The van der Waals surface area contributed by atoms with Crippen LogP contribution < -0.4 is 0 Å². The van der Waals surface area contributed by atoms with Crippen LogP contribution in [-0.2, 0) is 9.59 Å². The van der Waals surface area contributed by atoms with Gasteiger partial charge in [0.05, 0.1) is 13.2 Å². The number of aliphatic hydroxyl groups is 3. The van der Waals surface area contributed by atoms with E-state index in [-0.39, 0.29) is 19.0 Å². The number of rotatable bonds is 2. The number of carbonyl (C=O) groups excluding carboxylic acids is 1. The molecule has 0 aromatic rings. The van der Waals surface area contributed by atoms with E-state index in [9.17, 15) is 4.79 Å². The second kappa shape index (κ2) is 14.5. The van der Waals surface area contributed by atoms with Crippen LogP contribution in [-0.4, -0.2) is 51.5 Å². The summed E-state index contributed by atoms with van der Waals surface area (Å²) >= 11 is 0. The van der Waals surface area contributed by atoms with Gasteiger partial charge in [-0.2, -0.15) is 0 Å². The van der Waals surface area contributed by atoms with Crippen molar-refractivity contribution >= 4 is 11.8 Å². The molecule has 0 aliphatic heterocycles. The van der Waals surface area contributed by atoms with Crippen molar-refractivity contribution in [3.8, 4) is 0 Å². The Balaban J connectivity index is -0.000000135. The van der Waals surface area contributed by atoms with Crippen molar-refractivity contribution in [2.24, 2.45) is 0 Å². The summed E-state index contributed by atoms with van der Waals surface area (Å²) in [5.74, 6) is -0.667. The molecule has 0 aromatic carbocycles. The minimum absolute atomic E-state index is 0.167. The van der Waals surface area contributed by atoms with E-state index in [1.54, 1.807) is 0 Å². The standard InChI is InChI=1S/C3H8O3.C3H6O.C2H4O2/c4-1-3(6)2-5;1-3(2)4;1-2(3)4/h3-6H,1-2H2;1-2H3;1H3,(H,3,4). The van der Waals surface area contributed by atoms with Crippen LogP contribution in [0, 0.1) is 0 Å². The Morgan fingerprint density at radius 2 is 1.21 bits per heavy atom. The maximum absolute atomic E-state index is 9.44. The highest BCUT2D eigenvalue weighted by Crippen LogP contribution is 1.71. The maximum atomic E-state index is 9.44. The Labute approximate surface area is 82.8 Å². The SMILES string of the molecule is CC(=O)O.CC(C)=O.OCC(O)CO. The third-order valence-electron chi connectivity index (χ3n) is 0.421. The van der Waals surface area contributed by atoms with Crippen molar-refractivity contribution in [3.63, 3.8) is 0 Å². The zero-order chi connectivity index (χ0) is 12.1. The summed E-state index contributed by atoms with van der Waals surface area (Å²) < 4.78 is 0. The van der Waals surface area contributed by atoms with Crippen molar-refractivity contribution in [1.82, 2.24) is 0 Å². The first-order valence-corrected chi connectivity index (χ1v) is 3.84. The summed E-state index contributed by atoms with van der Waals surface area (Å²) in [6.07, 6.45) is -0.954. The van der Waals surface area contributed by atoms with Gasteiger partial charge in [0.15, 0.2) is 0 Å². The molecule has 0 rings (SSSR count). The number of Topliss-reactive ketones (excluding diaryl/α,β-unsaturated/α-hetero) is 1.